The Hall–Kier alpha value is -0.570. The zero-order valence-electron chi connectivity index (χ0n) is 11.4. The summed E-state index contributed by atoms with van der Waals surface area (Å²) in [4.78, 5) is 12.4. The lowest BCUT2D eigenvalue weighted by Crippen LogP contribution is -2.64. The van der Waals surface area contributed by atoms with Crippen molar-refractivity contribution in [1.29, 1.82) is 0 Å². The second kappa shape index (κ2) is 3.30. The van der Waals surface area contributed by atoms with Gasteiger partial charge in [-0.3, -0.25) is 4.79 Å². The molecule has 4 aliphatic rings. The van der Waals surface area contributed by atoms with Gasteiger partial charge >= 0.3 is 0 Å². The molecule has 100 valence electrons. The van der Waals surface area contributed by atoms with Crippen molar-refractivity contribution in [3.05, 3.63) is 0 Å². The number of nitrogens with two attached hydrogens (primary N) is 1. The van der Waals surface area contributed by atoms with Crippen LogP contribution in [0.5, 0.6) is 0 Å². The lowest BCUT2D eigenvalue weighted by molar-refractivity contribution is -0.126. The fourth-order valence-electron chi connectivity index (χ4n) is 5.15. The van der Waals surface area contributed by atoms with Crippen LogP contribution in [0.15, 0.2) is 0 Å². The number of carbonyl (C=O) groups excluding carboxylic acids is 1. The van der Waals surface area contributed by atoms with E-state index < -0.39 is 0 Å². The highest BCUT2D eigenvalue weighted by Gasteiger charge is 2.67. The van der Waals surface area contributed by atoms with Crippen LogP contribution < -0.4 is 11.1 Å². The summed E-state index contributed by atoms with van der Waals surface area (Å²) in [6.07, 6.45) is 5.14. The Kier molecular flexibility index (Phi) is 2.07. The van der Waals surface area contributed by atoms with E-state index in [0.29, 0.717) is 17.9 Å². The minimum absolute atomic E-state index is 0.0820. The predicted octanol–water partition coefficient (Wildman–Crippen LogP) is 1.52. The molecule has 1 amide bonds. The maximum Gasteiger partial charge on any atom is 0.223 e. The standard InChI is InChI=1S/C15H24N2O/c1-15(2)9(16)6-10(15)17-14(18)13-11-7-3-4-8(5-7)12(11)13/h7-13H,3-6,16H2,1-2H3,(H,17,18). The van der Waals surface area contributed by atoms with E-state index in [0.717, 1.165) is 30.1 Å². The van der Waals surface area contributed by atoms with E-state index in [1.807, 2.05) is 0 Å². The van der Waals surface area contributed by atoms with E-state index in [1.165, 1.54) is 19.3 Å². The van der Waals surface area contributed by atoms with Gasteiger partial charge in [0.05, 0.1) is 0 Å². The van der Waals surface area contributed by atoms with Gasteiger partial charge in [0.2, 0.25) is 5.91 Å². The number of carbonyl (C=O) groups is 1. The molecule has 4 saturated carbocycles. The summed E-state index contributed by atoms with van der Waals surface area (Å²) in [6.45, 7) is 4.34. The predicted molar refractivity (Wildman–Crippen MR) is 69.6 cm³/mol. The Labute approximate surface area is 109 Å². The minimum atomic E-state index is 0.0820. The van der Waals surface area contributed by atoms with Gasteiger partial charge in [-0.25, -0.2) is 0 Å². The fraction of sp³-hybridized carbons (Fsp3) is 0.933. The molecule has 18 heavy (non-hydrogen) atoms. The van der Waals surface area contributed by atoms with E-state index >= 15 is 0 Å². The van der Waals surface area contributed by atoms with Gasteiger partial charge in [0, 0.05) is 23.4 Å². The highest BCUT2D eigenvalue weighted by molar-refractivity contribution is 5.83. The Bertz CT molecular complexity index is 389. The van der Waals surface area contributed by atoms with Crippen LogP contribution in [0.3, 0.4) is 0 Å². The molecule has 3 heteroatoms. The topological polar surface area (TPSA) is 55.1 Å². The average Bonchev–Trinajstić information content (AvgIpc) is 2.78. The first-order chi connectivity index (χ1) is 8.50. The number of amides is 1. The summed E-state index contributed by atoms with van der Waals surface area (Å²) in [5.41, 5.74) is 6.09. The molecule has 0 aliphatic heterocycles. The molecule has 0 saturated heterocycles. The van der Waals surface area contributed by atoms with Crippen LogP contribution in [0.25, 0.3) is 0 Å². The fourth-order valence-corrected chi connectivity index (χ4v) is 5.15. The summed E-state index contributed by atoms with van der Waals surface area (Å²) in [5.74, 6) is 3.97. The van der Waals surface area contributed by atoms with Crippen LogP contribution in [0, 0.1) is 35.0 Å². The van der Waals surface area contributed by atoms with Gasteiger partial charge in [-0.05, 0) is 49.4 Å². The van der Waals surface area contributed by atoms with E-state index in [-0.39, 0.29) is 11.5 Å². The number of nitrogens with one attached hydrogen (secondary N) is 1. The smallest absolute Gasteiger partial charge is 0.223 e. The van der Waals surface area contributed by atoms with Gasteiger partial charge < -0.3 is 11.1 Å². The maximum atomic E-state index is 12.4. The molecule has 4 fully saturated rings. The van der Waals surface area contributed by atoms with Crippen molar-refractivity contribution in [2.45, 2.75) is 51.6 Å². The minimum Gasteiger partial charge on any atom is -0.352 e. The molecule has 4 aliphatic carbocycles. The highest BCUT2D eigenvalue weighted by atomic mass is 16.2. The third kappa shape index (κ3) is 1.26. The van der Waals surface area contributed by atoms with Gasteiger partial charge in [0.15, 0.2) is 0 Å². The molecule has 3 nitrogen and oxygen atoms in total. The monoisotopic (exact) mass is 248 g/mol. The molecule has 6 atom stereocenters. The highest BCUT2D eigenvalue weighted by Crippen LogP contribution is 2.69. The summed E-state index contributed by atoms with van der Waals surface area (Å²) in [6, 6.07) is 0.552. The molecule has 0 aromatic heterocycles. The largest absolute Gasteiger partial charge is 0.352 e. The zero-order valence-corrected chi connectivity index (χ0v) is 11.4. The molecule has 0 spiro atoms. The normalized spacial score (nSPS) is 54.7. The van der Waals surface area contributed by atoms with Gasteiger partial charge in [0.1, 0.15) is 0 Å². The van der Waals surface area contributed by atoms with Gasteiger partial charge in [0.25, 0.3) is 0 Å². The Morgan fingerprint density at radius 3 is 2.28 bits per heavy atom. The Morgan fingerprint density at radius 2 is 1.78 bits per heavy atom. The second-order valence-corrected chi connectivity index (χ2v) is 7.74. The summed E-state index contributed by atoms with van der Waals surface area (Å²) in [7, 11) is 0. The van der Waals surface area contributed by atoms with Crippen LogP contribution in [-0.4, -0.2) is 18.0 Å². The third-order valence-corrected chi connectivity index (χ3v) is 6.70. The Morgan fingerprint density at radius 1 is 1.17 bits per heavy atom. The lowest BCUT2D eigenvalue weighted by atomic mass is 9.63. The molecule has 2 bridgehead atoms. The van der Waals surface area contributed by atoms with E-state index in [1.54, 1.807) is 0 Å². The van der Waals surface area contributed by atoms with Gasteiger partial charge in [-0.2, -0.15) is 0 Å². The first kappa shape index (κ1) is 11.3. The number of hydrogen-bond donors (Lipinski definition) is 2. The van der Waals surface area contributed by atoms with E-state index in [9.17, 15) is 4.79 Å². The number of hydrogen-bond acceptors (Lipinski definition) is 2. The molecule has 4 rings (SSSR count). The first-order valence-electron chi connectivity index (χ1n) is 7.56. The Balaban J connectivity index is 1.39. The number of rotatable bonds is 2. The average molecular weight is 248 g/mol. The van der Waals surface area contributed by atoms with E-state index in [4.69, 9.17) is 5.73 Å². The third-order valence-electron chi connectivity index (χ3n) is 6.70. The van der Waals surface area contributed by atoms with Gasteiger partial charge in [-0.15, -0.1) is 0 Å². The van der Waals surface area contributed by atoms with Crippen molar-refractivity contribution >= 4 is 5.91 Å². The van der Waals surface area contributed by atoms with Crippen molar-refractivity contribution in [2.24, 2.45) is 40.7 Å². The van der Waals surface area contributed by atoms with Crippen LogP contribution in [0.1, 0.15) is 39.5 Å². The molecular weight excluding hydrogens is 224 g/mol. The van der Waals surface area contributed by atoms with Gasteiger partial charge in [-0.1, -0.05) is 13.8 Å². The molecule has 0 radical (unpaired) electrons. The van der Waals surface area contributed by atoms with Crippen molar-refractivity contribution in [1.82, 2.24) is 5.32 Å². The molecule has 0 heterocycles. The second-order valence-electron chi connectivity index (χ2n) is 7.74. The molecule has 3 N–H and O–H groups in total. The molecule has 6 unspecified atom stereocenters. The number of fused-ring (bicyclic) bond motifs is 5. The zero-order chi connectivity index (χ0) is 12.7. The summed E-state index contributed by atoms with van der Waals surface area (Å²) < 4.78 is 0. The maximum absolute atomic E-state index is 12.4. The lowest BCUT2D eigenvalue weighted by Gasteiger charge is -2.50. The van der Waals surface area contributed by atoms with E-state index in [2.05, 4.69) is 19.2 Å². The van der Waals surface area contributed by atoms with Crippen LogP contribution in [0.4, 0.5) is 0 Å². The molecular formula is C15H24N2O. The van der Waals surface area contributed by atoms with Crippen LogP contribution in [0.2, 0.25) is 0 Å². The SMILES string of the molecule is CC1(C)C(N)CC1NC(=O)C1C2C3CCC(C3)C12. The van der Waals surface area contributed by atoms with Crippen LogP contribution >= 0.6 is 0 Å². The summed E-state index contributed by atoms with van der Waals surface area (Å²) >= 11 is 0. The molecule has 0 aromatic rings. The van der Waals surface area contributed by atoms with Crippen molar-refractivity contribution < 1.29 is 4.79 Å². The van der Waals surface area contributed by atoms with Crippen LogP contribution in [-0.2, 0) is 4.79 Å². The van der Waals surface area contributed by atoms with Crippen molar-refractivity contribution in [3.63, 3.8) is 0 Å². The molecule has 0 aromatic carbocycles. The quantitative estimate of drug-likeness (QED) is 0.778. The summed E-state index contributed by atoms with van der Waals surface area (Å²) in [5, 5.41) is 3.28. The first-order valence-corrected chi connectivity index (χ1v) is 7.56. The van der Waals surface area contributed by atoms with Crippen molar-refractivity contribution in [3.8, 4) is 0 Å². The van der Waals surface area contributed by atoms with Crippen molar-refractivity contribution in [2.75, 3.05) is 0 Å².